The Bertz CT molecular complexity index is 769. The lowest BCUT2D eigenvalue weighted by Gasteiger charge is -2.17. The maximum absolute atomic E-state index is 12.2. The molecule has 0 amide bonds. The monoisotopic (exact) mass is 438 g/mol. The summed E-state index contributed by atoms with van der Waals surface area (Å²) >= 11 is 0. The average Bonchev–Trinajstić information content (AvgIpc) is 2.82. The van der Waals surface area contributed by atoms with Gasteiger partial charge in [-0.3, -0.25) is 4.79 Å². The molecule has 172 valence electrons. The number of carbonyl (C=O) groups is 1. The van der Waals surface area contributed by atoms with Crippen molar-refractivity contribution in [2.24, 2.45) is 0 Å². The third kappa shape index (κ3) is 8.52. The van der Waals surface area contributed by atoms with Crippen LogP contribution in [0, 0.1) is 0 Å². The number of hydrogen-bond donors (Lipinski definition) is 0. The van der Waals surface area contributed by atoms with E-state index in [4.69, 9.17) is 18.9 Å². The molecule has 0 fully saturated rings. The maximum atomic E-state index is 12.2. The van der Waals surface area contributed by atoms with Crippen molar-refractivity contribution >= 4 is 17.9 Å². The molecule has 0 unspecified atom stereocenters. The van der Waals surface area contributed by atoms with Crippen molar-refractivity contribution in [3.05, 3.63) is 82.9 Å². The Labute approximate surface area is 191 Å². The molecule has 32 heavy (non-hydrogen) atoms. The summed E-state index contributed by atoms with van der Waals surface area (Å²) in [5.41, 5.74) is 3.78. The molecule has 5 nitrogen and oxygen atoms in total. The molecule has 2 rings (SSSR count). The molecule has 0 spiro atoms. The van der Waals surface area contributed by atoms with Gasteiger partial charge in [-0.25, -0.2) is 0 Å². The molecular weight excluding hydrogens is 404 g/mol. The molecule has 2 aromatic rings. The largest absolute Gasteiger partial charge is 0.349 e. The molecule has 0 aliphatic carbocycles. The van der Waals surface area contributed by atoms with Crippen molar-refractivity contribution in [3.63, 3.8) is 0 Å². The molecule has 2 aromatic carbocycles. The number of rotatable bonds is 14. The molecule has 0 aliphatic rings. The maximum Gasteiger partial charge on any atom is 0.183 e. The lowest BCUT2D eigenvalue weighted by Crippen LogP contribution is -2.08. The van der Waals surface area contributed by atoms with Crippen LogP contribution < -0.4 is 0 Å². The van der Waals surface area contributed by atoms with Gasteiger partial charge in [0.2, 0.25) is 0 Å². The lowest BCUT2D eigenvalue weighted by atomic mass is 10.1. The van der Waals surface area contributed by atoms with E-state index in [9.17, 15) is 4.79 Å². The smallest absolute Gasteiger partial charge is 0.183 e. The van der Waals surface area contributed by atoms with Crippen LogP contribution >= 0.6 is 0 Å². The second-order valence-electron chi connectivity index (χ2n) is 6.89. The van der Waals surface area contributed by atoms with Gasteiger partial charge in [0, 0.05) is 37.6 Å². The van der Waals surface area contributed by atoms with E-state index < -0.39 is 0 Å². The summed E-state index contributed by atoms with van der Waals surface area (Å²) in [6.45, 7) is 10.1. The Morgan fingerprint density at radius 2 is 0.938 bits per heavy atom. The summed E-state index contributed by atoms with van der Waals surface area (Å²) < 4.78 is 22.4. The predicted molar refractivity (Wildman–Crippen MR) is 128 cm³/mol. The molecule has 0 N–H and O–H groups in total. The van der Waals surface area contributed by atoms with Crippen LogP contribution in [0.2, 0.25) is 0 Å². The van der Waals surface area contributed by atoms with Crippen molar-refractivity contribution in [1.29, 1.82) is 0 Å². The third-order valence-electron chi connectivity index (χ3n) is 4.57. The van der Waals surface area contributed by atoms with Crippen LogP contribution in [0.3, 0.4) is 0 Å². The van der Waals surface area contributed by atoms with E-state index in [1.165, 1.54) is 0 Å². The quantitative estimate of drug-likeness (QED) is 0.262. The molecule has 0 atom stereocenters. The summed E-state index contributed by atoms with van der Waals surface area (Å²) in [6, 6.07) is 15.6. The van der Waals surface area contributed by atoms with Crippen molar-refractivity contribution in [2.75, 3.05) is 26.4 Å². The van der Waals surface area contributed by atoms with Gasteiger partial charge in [0.1, 0.15) is 0 Å². The Balaban J connectivity index is 1.95. The van der Waals surface area contributed by atoms with Crippen LogP contribution in [0.15, 0.2) is 60.7 Å². The van der Waals surface area contributed by atoms with E-state index in [-0.39, 0.29) is 18.4 Å². The highest BCUT2D eigenvalue weighted by atomic mass is 16.7. The molecule has 0 aromatic heterocycles. The van der Waals surface area contributed by atoms with Gasteiger partial charge in [0.25, 0.3) is 0 Å². The first kappa shape index (κ1) is 25.7. The molecule has 0 heterocycles. The third-order valence-corrected chi connectivity index (χ3v) is 4.57. The molecule has 0 bridgehead atoms. The van der Waals surface area contributed by atoms with Crippen molar-refractivity contribution < 1.29 is 23.7 Å². The first-order chi connectivity index (χ1) is 15.6. The molecular formula is C27H34O5. The fourth-order valence-electron chi connectivity index (χ4n) is 3.03. The minimum absolute atomic E-state index is 0.0822. The minimum Gasteiger partial charge on any atom is -0.349 e. The van der Waals surface area contributed by atoms with Gasteiger partial charge >= 0.3 is 0 Å². The number of ether oxygens (including phenoxy) is 4. The standard InChI is InChI=1S/C27H34O5/c1-5-29-26(30-6-2)23-15-9-21(10-16-23)13-19-25(28)20-14-22-11-17-24(18-12-22)27(31-7-3)32-8-4/h9-20,26-27H,5-8H2,1-4H3/b19-13+,20-14+. The zero-order chi connectivity index (χ0) is 23.2. The Morgan fingerprint density at radius 1 is 0.625 bits per heavy atom. The van der Waals surface area contributed by atoms with Gasteiger partial charge in [-0.05, 0) is 51.0 Å². The highest BCUT2D eigenvalue weighted by Crippen LogP contribution is 2.21. The zero-order valence-electron chi connectivity index (χ0n) is 19.5. The van der Waals surface area contributed by atoms with Crippen LogP contribution in [0.4, 0.5) is 0 Å². The average molecular weight is 439 g/mol. The summed E-state index contributed by atoms with van der Waals surface area (Å²) in [7, 11) is 0. The van der Waals surface area contributed by atoms with Gasteiger partial charge in [-0.15, -0.1) is 0 Å². The first-order valence-corrected chi connectivity index (χ1v) is 11.2. The van der Waals surface area contributed by atoms with Crippen molar-refractivity contribution in [1.82, 2.24) is 0 Å². The fraction of sp³-hybridized carbons (Fsp3) is 0.370. The summed E-state index contributed by atoms with van der Waals surface area (Å²) in [4.78, 5) is 12.2. The molecule has 5 heteroatoms. The summed E-state index contributed by atoms with van der Waals surface area (Å²) in [5.74, 6) is -0.0822. The molecule has 0 aliphatic heterocycles. The van der Waals surface area contributed by atoms with E-state index in [2.05, 4.69) is 0 Å². The predicted octanol–water partition coefficient (Wildman–Crippen LogP) is 6.13. The van der Waals surface area contributed by atoms with Crippen LogP contribution in [0.5, 0.6) is 0 Å². The van der Waals surface area contributed by atoms with E-state index in [1.807, 2.05) is 76.2 Å². The molecule has 0 radical (unpaired) electrons. The summed E-state index contributed by atoms with van der Waals surface area (Å²) in [6.07, 6.45) is 5.98. The van der Waals surface area contributed by atoms with Gasteiger partial charge in [0.05, 0.1) is 0 Å². The van der Waals surface area contributed by atoms with Gasteiger partial charge < -0.3 is 18.9 Å². The van der Waals surface area contributed by atoms with Gasteiger partial charge in [-0.1, -0.05) is 60.7 Å². The number of benzene rings is 2. The topological polar surface area (TPSA) is 54.0 Å². The molecule has 0 saturated heterocycles. The zero-order valence-corrected chi connectivity index (χ0v) is 19.5. The Kier molecular flexibility index (Phi) is 11.6. The normalized spacial score (nSPS) is 11.9. The number of allylic oxidation sites excluding steroid dienone is 2. The van der Waals surface area contributed by atoms with E-state index >= 15 is 0 Å². The van der Waals surface area contributed by atoms with E-state index in [0.717, 1.165) is 22.3 Å². The van der Waals surface area contributed by atoms with Crippen LogP contribution in [0.1, 0.15) is 62.5 Å². The number of ketones is 1. The second kappa shape index (κ2) is 14.5. The van der Waals surface area contributed by atoms with Crippen LogP contribution in [-0.2, 0) is 23.7 Å². The highest BCUT2D eigenvalue weighted by Gasteiger charge is 2.11. The number of carbonyl (C=O) groups excluding carboxylic acids is 1. The Hall–Kier alpha value is -2.57. The number of hydrogen-bond acceptors (Lipinski definition) is 5. The van der Waals surface area contributed by atoms with Gasteiger partial charge in [-0.2, -0.15) is 0 Å². The van der Waals surface area contributed by atoms with Crippen LogP contribution in [-0.4, -0.2) is 32.2 Å². The van der Waals surface area contributed by atoms with Crippen molar-refractivity contribution in [3.8, 4) is 0 Å². The lowest BCUT2D eigenvalue weighted by molar-refractivity contribution is -0.140. The van der Waals surface area contributed by atoms with Gasteiger partial charge in [0.15, 0.2) is 18.4 Å². The van der Waals surface area contributed by atoms with E-state index in [1.54, 1.807) is 24.3 Å². The van der Waals surface area contributed by atoms with Crippen molar-refractivity contribution in [2.45, 2.75) is 40.3 Å². The highest BCUT2D eigenvalue weighted by molar-refractivity contribution is 6.04. The fourth-order valence-corrected chi connectivity index (χ4v) is 3.03. The first-order valence-electron chi connectivity index (χ1n) is 11.2. The molecule has 0 saturated carbocycles. The summed E-state index contributed by atoms with van der Waals surface area (Å²) in [5, 5.41) is 0. The Morgan fingerprint density at radius 3 is 1.22 bits per heavy atom. The van der Waals surface area contributed by atoms with Crippen LogP contribution in [0.25, 0.3) is 12.2 Å². The second-order valence-corrected chi connectivity index (χ2v) is 6.89. The SMILES string of the molecule is CCOC(OCC)c1ccc(/C=C/C(=O)/C=C/c2ccc(C(OCC)OCC)cc2)cc1. The van der Waals surface area contributed by atoms with E-state index in [0.29, 0.717) is 26.4 Å². The minimum atomic E-state index is -0.365.